The summed E-state index contributed by atoms with van der Waals surface area (Å²) in [4.78, 5) is 28.5. The van der Waals surface area contributed by atoms with E-state index in [0.29, 0.717) is 23.6 Å². The molecular formula is C15H21N5O2. The second-order valence-electron chi connectivity index (χ2n) is 6.80. The SMILES string of the molecule is CC(C)(C)n1ncc2c(=O)n(CCC(=O)NC3CC3)cnc21. The average Bonchev–Trinajstić information content (AvgIpc) is 3.12. The fraction of sp³-hybridized carbons (Fsp3) is 0.600. The van der Waals surface area contributed by atoms with Crippen LogP contribution < -0.4 is 10.9 Å². The number of nitrogens with zero attached hydrogens (tertiary/aromatic N) is 4. The van der Waals surface area contributed by atoms with Gasteiger partial charge in [-0.15, -0.1) is 0 Å². The number of hydrogen-bond acceptors (Lipinski definition) is 4. The van der Waals surface area contributed by atoms with Gasteiger partial charge in [-0.1, -0.05) is 0 Å². The number of fused-ring (bicyclic) bond motifs is 1. The third-order valence-corrected chi connectivity index (χ3v) is 3.71. The van der Waals surface area contributed by atoms with Crippen LogP contribution >= 0.6 is 0 Å². The Hall–Kier alpha value is -2.18. The average molecular weight is 303 g/mol. The summed E-state index contributed by atoms with van der Waals surface area (Å²) in [6, 6.07) is 0.342. The van der Waals surface area contributed by atoms with E-state index in [1.54, 1.807) is 10.9 Å². The van der Waals surface area contributed by atoms with E-state index in [9.17, 15) is 9.59 Å². The van der Waals surface area contributed by atoms with Crippen LogP contribution in [0, 0.1) is 0 Å². The van der Waals surface area contributed by atoms with E-state index in [-0.39, 0.29) is 23.4 Å². The van der Waals surface area contributed by atoms with Gasteiger partial charge in [0.15, 0.2) is 5.65 Å². The standard InChI is InChI=1S/C15H21N5O2/c1-15(2,3)20-13-11(8-17-20)14(22)19(9-16-13)7-6-12(21)18-10-4-5-10/h8-10H,4-7H2,1-3H3,(H,18,21). The summed E-state index contributed by atoms with van der Waals surface area (Å²) in [5.74, 6) is -0.0140. The van der Waals surface area contributed by atoms with E-state index in [1.807, 2.05) is 20.8 Å². The number of nitrogens with one attached hydrogen (secondary N) is 1. The Balaban J connectivity index is 1.81. The molecule has 1 fully saturated rings. The molecule has 1 aliphatic rings. The van der Waals surface area contributed by atoms with Crippen molar-refractivity contribution in [2.45, 2.75) is 58.2 Å². The van der Waals surface area contributed by atoms with Gasteiger partial charge in [-0.3, -0.25) is 14.2 Å². The van der Waals surface area contributed by atoms with Gasteiger partial charge in [0.25, 0.3) is 5.56 Å². The van der Waals surface area contributed by atoms with Crippen LogP contribution in [-0.4, -0.2) is 31.3 Å². The van der Waals surface area contributed by atoms with Gasteiger partial charge in [-0.05, 0) is 33.6 Å². The summed E-state index contributed by atoms with van der Waals surface area (Å²) in [5, 5.41) is 7.67. The van der Waals surface area contributed by atoms with Crippen molar-refractivity contribution in [2.75, 3.05) is 0 Å². The van der Waals surface area contributed by atoms with Gasteiger partial charge in [-0.2, -0.15) is 5.10 Å². The van der Waals surface area contributed by atoms with Gasteiger partial charge in [0.05, 0.1) is 18.1 Å². The highest BCUT2D eigenvalue weighted by atomic mass is 16.2. The van der Waals surface area contributed by atoms with Crippen LogP contribution in [0.15, 0.2) is 17.3 Å². The van der Waals surface area contributed by atoms with Gasteiger partial charge in [0.2, 0.25) is 5.91 Å². The van der Waals surface area contributed by atoms with Gasteiger partial charge in [0.1, 0.15) is 5.39 Å². The van der Waals surface area contributed by atoms with Crippen molar-refractivity contribution in [3.8, 4) is 0 Å². The van der Waals surface area contributed by atoms with Crippen molar-refractivity contribution in [3.05, 3.63) is 22.9 Å². The van der Waals surface area contributed by atoms with E-state index in [4.69, 9.17) is 0 Å². The van der Waals surface area contributed by atoms with E-state index in [2.05, 4.69) is 15.4 Å². The minimum atomic E-state index is -0.239. The first kappa shape index (κ1) is 14.7. The highest BCUT2D eigenvalue weighted by molar-refractivity contribution is 5.76. The smallest absolute Gasteiger partial charge is 0.264 e. The first-order valence-corrected chi connectivity index (χ1v) is 7.59. The summed E-state index contributed by atoms with van der Waals surface area (Å²) in [7, 11) is 0. The van der Waals surface area contributed by atoms with Gasteiger partial charge in [-0.25, -0.2) is 9.67 Å². The topological polar surface area (TPSA) is 81.8 Å². The van der Waals surface area contributed by atoms with Gasteiger partial charge >= 0.3 is 0 Å². The van der Waals surface area contributed by atoms with Crippen LogP contribution in [0.25, 0.3) is 11.0 Å². The number of rotatable bonds is 4. The molecular weight excluding hydrogens is 282 g/mol. The minimum absolute atomic E-state index is 0.0140. The van der Waals surface area contributed by atoms with E-state index < -0.39 is 0 Å². The molecule has 0 atom stereocenters. The lowest BCUT2D eigenvalue weighted by Crippen LogP contribution is -2.29. The summed E-state index contributed by atoms with van der Waals surface area (Å²) >= 11 is 0. The first-order chi connectivity index (χ1) is 10.4. The van der Waals surface area contributed by atoms with Crippen molar-refractivity contribution in [3.63, 3.8) is 0 Å². The van der Waals surface area contributed by atoms with Crippen LogP contribution in [0.4, 0.5) is 0 Å². The molecule has 2 heterocycles. The maximum Gasteiger partial charge on any atom is 0.264 e. The van der Waals surface area contributed by atoms with Crippen LogP contribution in [0.1, 0.15) is 40.0 Å². The van der Waals surface area contributed by atoms with Crippen molar-refractivity contribution in [2.24, 2.45) is 0 Å². The molecule has 7 heteroatoms. The fourth-order valence-corrected chi connectivity index (χ4v) is 2.35. The Bertz CT molecular complexity index is 764. The molecule has 0 unspecified atom stereocenters. The molecule has 0 spiro atoms. The Morgan fingerprint density at radius 3 is 2.77 bits per heavy atom. The molecule has 1 amide bonds. The molecule has 1 N–H and O–H groups in total. The van der Waals surface area contributed by atoms with Crippen LogP contribution in [-0.2, 0) is 16.9 Å². The maximum absolute atomic E-state index is 12.5. The van der Waals surface area contributed by atoms with Crippen molar-refractivity contribution in [1.29, 1.82) is 0 Å². The Morgan fingerprint density at radius 1 is 1.41 bits per heavy atom. The summed E-state index contributed by atoms with van der Waals surface area (Å²) in [5.41, 5.74) is 0.188. The normalized spacial score (nSPS) is 15.2. The summed E-state index contributed by atoms with van der Waals surface area (Å²) in [6.07, 6.45) is 5.46. The van der Waals surface area contributed by atoms with Crippen LogP contribution in [0.3, 0.4) is 0 Å². The summed E-state index contributed by atoms with van der Waals surface area (Å²) in [6.45, 7) is 6.36. The zero-order valence-corrected chi connectivity index (χ0v) is 13.2. The molecule has 0 aliphatic heterocycles. The molecule has 22 heavy (non-hydrogen) atoms. The molecule has 1 saturated carbocycles. The predicted octanol–water partition coefficient (Wildman–Crippen LogP) is 1.02. The summed E-state index contributed by atoms with van der Waals surface area (Å²) < 4.78 is 3.22. The lowest BCUT2D eigenvalue weighted by atomic mass is 10.1. The van der Waals surface area contributed by atoms with Crippen molar-refractivity contribution in [1.82, 2.24) is 24.6 Å². The maximum atomic E-state index is 12.5. The molecule has 1 aliphatic carbocycles. The van der Waals surface area contributed by atoms with Crippen molar-refractivity contribution < 1.29 is 4.79 Å². The number of hydrogen-bond donors (Lipinski definition) is 1. The highest BCUT2D eigenvalue weighted by Crippen LogP contribution is 2.19. The lowest BCUT2D eigenvalue weighted by molar-refractivity contribution is -0.121. The zero-order valence-electron chi connectivity index (χ0n) is 13.2. The number of carbonyl (C=O) groups excluding carboxylic acids is 1. The quantitative estimate of drug-likeness (QED) is 0.914. The fourth-order valence-electron chi connectivity index (χ4n) is 2.35. The number of amides is 1. The van der Waals surface area contributed by atoms with Crippen LogP contribution in [0.5, 0.6) is 0 Å². The Morgan fingerprint density at radius 2 is 2.14 bits per heavy atom. The first-order valence-electron chi connectivity index (χ1n) is 7.59. The molecule has 0 aromatic carbocycles. The molecule has 2 aromatic rings. The number of aromatic nitrogens is 4. The number of aryl methyl sites for hydroxylation is 1. The minimum Gasteiger partial charge on any atom is -0.353 e. The predicted molar refractivity (Wildman–Crippen MR) is 82.6 cm³/mol. The molecule has 0 bridgehead atoms. The second-order valence-corrected chi connectivity index (χ2v) is 6.80. The van der Waals surface area contributed by atoms with Gasteiger partial charge in [0, 0.05) is 19.0 Å². The molecule has 0 saturated heterocycles. The van der Waals surface area contributed by atoms with E-state index >= 15 is 0 Å². The monoisotopic (exact) mass is 303 g/mol. The van der Waals surface area contributed by atoms with Crippen LogP contribution in [0.2, 0.25) is 0 Å². The third kappa shape index (κ3) is 2.88. The Labute approximate surface area is 128 Å². The van der Waals surface area contributed by atoms with E-state index in [0.717, 1.165) is 12.8 Å². The molecule has 0 radical (unpaired) electrons. The lowest BCUT2D eigenvalue weighted by Gasteiger charge is -2.19. The molecule has 2 aromatic heterocycles. The second kappa shape index (κ2) is 5.23. The van der Waals surface area contributed by atoms with Gasteiger partial charge < -0.3 is 5.32 Å². The number of carbonyl (C=O) groups is 1. The highest BCUT2D eigenvalue weighted by Gasteiger charge is 2.23. The van der Waals surface area contributed by atoms with Crippen molar-refractivity contribution >= 4 is 16.9 Å². The van der Waals surface area contributed by atoms with E-state index in [1.165, 1.54) is 10.9 Å². The molecule has 3 rings (SSSR count). The molecule has 118 valence electrons. The third-order valence-electron chi connectivity index (χ3n) is 3.71. The molecule has 7 nitrogen and oxygen atoms in total. The largest absolute Gasteiger partial charge is 0.353 e. The zero-order chi connectivity index (χ0) is 15.9. The Kier molecular flexibility index (Phi) is 3.50.